The van der Waals surface area contributed by atoms with E-state index in [9.17, 15) is 5.11 Å². The zero-order valence-corrected chi connectivity index (χ0v) is 8.85. The van der Waals surface area contributed by atoms with Crippen LogP contribution >= 0.6 is 0 Å². The van der Waals surface area contributed by atoms with E-state index >= 15 is 0 Å². The minimum absolute atomic E-state index is 0.0914. The summed E-state index contributed by atoms with van der Waals surface area (Å²) in [5, 5.41) is 9.96. The summed E-state index contributed by atoms with van der Waals surface area (Å²) < 4.78 is 0. The lowest BCUT2D eigenvalue weighted by molar-refractivity contribution is -0.0702. The van der Waals surface area contributed by atoms with Gasteiger partial charge in [-0.1, -0.05) is 40.5 Å². The topological polar surface area (TPSA) is 20.2 Å². The number of hydrogen-bond donors (Lipinski definition) is 1. The summed E-state index contributed by atoms with van der Waals surface area (Å²) in [6.45, 7) is 8.95. The molecule has 0 aromatic heterocycles. The van der Waals surface area contributed by atoms with E-state index in [2.05, 4.69) is 27.7 Å². The van der Waals surface area contributed by atoms with Crippen LogP contribution in [0.5, 0.6) is 0 Å². The van der Waals surface area contributed by atoms with Crippen molar-refractivity contribution in [3.63, 3.8) is 0 Å². The molecule has 2 atom stereocenters. The van der Waals surface area contributed by atoms with Crippen LogP contribution in [0.15, 0.2) is 0 Å². The molecule has 1 N–H and O–H groups in total. The molecule has 1 fully saturated rings. The van der Waals surface area contributed by atoms with E-state index in [1.54, 1.807) is 0 Å². The van der Waals surface area contributed by atoms with E-state index in [0.29, 0.717) is 0 Å². The van der Waals surface area contributed by atoms with Crippen LogP contribution in [-0.2, 0) is 0 Å². The highest BCUT2D eigenvalue weighted by Gasteiger charge is 2.44. The van der Waals surface area contributed by atoms with Crippen molar-refractivity contribution < 1.29 is 5.11 Å². The van der Waals surface area contributed by atoms with Crippen molar-refractivity contribution in [2.45, 2.75) is 59.5 Å². The molecule has 1 heteroatoms. The van der Waals surface area contributed by atoms with Gasteiger partial charge in [0.15, 0.2) is 0 Å². The van der Waals surface area contributed by atoms with Crippen LogP contribution in [-0.4, -0.2) is 11.2 Å². The van der Waals surface area contributed by atoms with Gasteiger partial charge in [-0.3, -0.25) is 0 Å². The van der Waals surface area contributed by atoms with Crippen LogP contribution in [0.25, 0.3) is 0 Å². The van der Waals surface area contributed by atoms with Crippen LogP contribution in [0.2, 0.25) is 0 Å². The summed E-state index contributed by atoms with van der Waals surface area (Å²) >= 11 is 0. The lowest BCUT2D eigenvalue weighted by atomic mass is 9.59. The maximum Gasteiger partial charge on any atom is 0.0598 e. The smallest absolute Gasteiger partial charge is 0.0598 e. The second kappa shape index (κ2) is 3.02. The Kier molecular flexibility index (Phi) is 2.53. The quantitative estimate of drug-likeness (QED) is 0.592. The van der Waals surface area contributed by atoms with E-state index in [1.807, 2.05) is 0 Å². The Balaban J connectivity index is 2.79. The summed E-state index contributed by atoms with van der Waals surface area (Å²) in [5.74, 6) is 0. The van der Waals surface area contributed by atoms with Crippen LogP contribution in [0.3, 0.4) is 0 Å². The summed E-state index contributed by atoms with van der Waals surface area (Å²) in [7, 11) is 0. The highest BCUT2D eigenvalue weighted by atomic mass is 16.3. The Morgan fingerprint density at radius 1 is 1.25 bits per heavy atom. The number of hydrogen-bond acceptors (Lipinski definition) is 1. The zero-order chi connectivity index (χ0) is 9.41. The van der Waals surface area contributed by atoms with Gasteiger partial charge in [-0.05, 0) is 23.7 Å². The van der Waals surface area contributed by atoms with E-state index in [4.69, 9.17) is 0 Å². The monoisotopic (exact) mass is 170 g/mol. The van der Waals surface area contributed by atoms with E-state index < -0.39 is 0 Å². The molecular weight excluding hydrogens is 148 g/mol. The fourth-order valence-corrected chi connectivity index (χ4v) is 2.19. The lowest BCUT2D eigenvalue weighted by Crippen LogP contribution is -2.45. The molecular formula is C11H22O. The van der Waals surface area contributed by atoms with Gasteiger partial charge in [0.1, 0.15) is 0 Å². The van der Waals surface area contributed by atoms with Crippen molar-refractivity contribution in [1.29, 1.82) is 0 Å². The van der Waals surface area contributed by atoms with Gasteiger partial charge in [0.2, 0.25) is 0 Å². The summed E-state index contributed by atoms with van der Waals surface area (Å²) in [6.07, 6.45) is 4.56. The molecule has 1 rings (SSSR count). The maximum atomic E-state index is 9.96. The first-order valence-corrected chi connectivity index (χ1v) is 5.06. The minimum atomic E-state index is -0.0914. The largest absolute Gasteiger partial charge is 0.393 e. The fourth-order valence-electron chi connectivity index (χ4n) is 2.19. The van der Waals surface area contributed by atoms with E-state index in [1.165, 1.54) is 19.3 Å². The van der Waals surface area contributed by atoms with Crippen molar-refractivity contribution in [2.24, 2.45) is 10.8 Å². The normalized spacial score (nSPS) is 38.2. The van der Waals surface area contributed by atoms with Gasteiger partial charge >= 0.3 is 0 Å². The molecule has 0 spiro atoms. The average Bonchev–Trinajstić information content (AvgIpc) is 1.93. The number of rotatable bonds is 0. The molecule has 2 unspecified atom stereocenters. The SMILES string of the molecule is CC(C)(C)C1(C)CCCCC1O. The Morgan fingerprint density at radius 2 is 1.83 bits per heavy atom. The molecule has 0 aromatic carbocycles. The predicted molar refractivity (Wildman–Crippen MR) is 52.0 cm³/mol. The zero-order valence-electron chi connectivity index (χ0n) is 8.85. The first-order valence-electron chi connectivity index (χ1n) is 5.06. The minimum Gasteiger partial charge on any atom is -0.393 e. The highest BCUT2D eigenvalue weighted by Crippen LogP contribution is 2.48. The number of aliphatic hydroxyl groups excluding tert-OH is 1. The van der Waals surface area contributed by atoms with Gasteiger partial charge < -0.3 is 5.11 Å². The third-order valence-corrected chi connectivity index (χ3v) is 3.87. The molecule has 0 heterocycles. The van der Waals surface area contributed by atoms with Gasteiger partial charge in [-0.2, -0.15) is 0 Å². The summed E-state index contributed by atoms with van der Waals surface area (Å²) in [6, 6.07) is 0. The van der Waals surface area contributed by atoms with Crippen LogP contribution in [0.1, 0.15) is 53.4 Å². The Labute approximate surface area is 76.2 Å². The lowest BCUT2D eigenvalue weighted by Gasteiger charge is -2.48. The molecule has 0 aromatic rings. The van der Waals surface area contributed by atoms with Crippen molar-refractivity contribution in [3.05, 3.63) is 0 Å². The van der Waals surface area contributed by atoms with Gasteiger partial charge in [-0.25, -0.2) is 0 Å². The highest BCUT2D eigenvalue weighted by molar-refractivity contribution is 4.94. The van der Waals surface area contributed by atoms with E-state index in [0.717, 1.165) is 6.42 Å². The molecule has 12 heavy (non-hydrogen) atoms. The molecule has 1 nitrogen and oxygen atoms in total. The Hall–Kier alpha value is -0.0400. The van der Waals surface area contributed by atoms with Crippen molar-refractivity contribution in [3.8, 4) is 0 Å². The standard InChI is InChI=1S/C11H22O/c1-10(2,3)11(4)8-6-5-7-9(11)12/h9,12H,5-8H2,1-4H3. The van der Waals surface area contributed by atoms with Crippen molar-refractivity contribution in [1.82, 2.24) is 0 Å². The molecule has 72 valence electrons. The Morgan fingerprint density at radius 3 is 2.17 bits per heavy atom. The molecule has 1 saturated carbocycles. The molecule has 0 saturated heterocycles. The molecule has 1 aliphatic carbocycles. The average molecular weight is 170 g/mol. The first-order chi connectivity index (χ1) is 5.38. The number of aliphatic hydroxyl groups is 1. The molecule has 0 radical (unpaired) electrons. The molecule has 1 aliphatic rings. The van der Waals surface area contributed by atoms with Crippen molar-refractivity contribution in [2.75, 3.05) is 0 Å². The molecule has 0 aliphatic heterocycles. The van der Waals surface area contributed by atoms with E-state index in [-0.39, 0.29) is 16.9 Å². The Bertz CT molecular complexity index is 157. The summed E-state index contributed by atoms with van der Waals surface area (Å²) in [4.78, 5) is 0. The molecule has 0 bridgehead atoms. The first kappa shape index (κ1) is 10.0. The van der Waals surface area contributed by atoms with Crippen LogP contribution in [0.4, 0.5) is 0 Å². The van der Waals surface area contributed by atoms with Gasteiger partial charge in [0.05, 0.1) is 6.10 Å². The van der Waals surface area contributed by atoms with Crippen LogP contribution in [0, 0.1) is 10.8 Å². The van der Waals surface area contributed by atoms with Gasteiger partial charge in [-0.15, -0.1) is 0 Å². The second-order valence-electron chi connectivity index (χ2n) is 5.43. The second-order valence-corrected chi connectivity index (χ2v) is 5.43. The maximum absolute atomic E-state index is 9.96. The third kappa shape index (κ3) is 1.52. The van der Waals surface area contributed by atoms with Crippen molar-refractivity contribution >= 4 is 0 Å². The molecule has 0 amide bonds. The van der Waals surface area contributed by atoms with Gasteiger partial charge in [0, 0.05) is 0 Å². The predicted octanol–water partition coefficient (Wildman–Crippen LogP) is 2.97. The third-order valence-electron chi connectivity index (χ3n) is 3.87. The summed E-state index contributed by atoms with van der Waals surface area (Å²) in [5.41, 5.74) is 0.359. The van der Waals surface area contributed by atoms with Crippen LogP contribution < -0.4 is 0 Å². The fraction of sp³-hybridized carbons (Fsp3) is 1.00. The van der Waals surface area contributed by atoms with Gasteiger partial charge in [0.25, 0.3) is 0 Å².